The number of hydrogen-bond acceptors (Lipinski definition) is 2. The fraction of sp³-hybridized carbons (Fsp3) is 0.0149. The van der Waals surface area contributed by atoms with Crippen LogP contribution >= 0.6 is 0 Å². The van der Waals surface area contributed by atoms with Gasteiger partial charge >= 0.3 is 0 Å². The highest BCUT2D eigenvalue weighted by atomic mass is 16.3. The van der Waals surface area contributed by atoms with Crippen LogP contribution in [0.4, 0.5) is 17.1 Å². The standard InChI is InChI=1S/C67H45NO/c1-44-59-15-8-9-20-66(59)69-67(44)55-14-10-13-51(42-55)47-23-21-45(22-24-47)46-27-34-56(35-28-46)68(57-36-29-48(30-37-57)52-33-40-62-54(41-52)26-25-49-11-2-4-16-60(49)62)58-38-31-50(32-39-58)65-43-53-12-3-5-17-61(53)63-18-6-7-19-64(63)65/h2-43H,1H3. The van der Waals surface area contributed by atoms with Gasteiger partial charge in [0.2, 0.25) is 0 Å². The van der Waals surface area contributed by atoms with Crippen molar-refractivity contribution in [2.75, 3.05) is 4.90 Å². The molecular formula is C67H45NO. The summed E-state index contributed by atoms with van der Waals surface area (Å²) in [6, 6.07) is 92.6. The molecule has 324 valence electrons. The molecule has 0 aliphatic rings. The number of benzene rings is 12. The molecule has 0 unspecified atom stereocenters. The lowest BCUT2D eigenvalue weighted by molar-refractivity contribution is 0.629. The van der Waals surface area contributed by atoms with Gasteiger partial charge in [0, 0.05) is 33.6 Å². The monoisotopic (exact) mass is 879 g/mol. The molecule has 1 aromatic heterocycles. The Bertz CT molecular complexity index is 4050. The number of anilines is 3. The molecular weight excluding hydrogens is 835 g/mol. The molecule has 13 aromatic rings. The normalized spacial score (nSPS) is 11.6. The second kappa shape index (κ2) is 16.7. The molecule has 12 aromatic carbocycles. The third kappa shape index (κ3) is 7.22. The predicted octanol–water partition coefficient (Wildman–Crippen LogP) is 19.2. The fourth-order valence-electron chi connectivity index (χ4n) is 10.5. The molecule has 0 atom stereocenters. The van der Waals surface area contributed by atoms with Gasteiger partial charge in [0.05, 0.1) is 0 Å². The molecule has 0 aliphatic carbocycles. The fourth-order valence-corrected chi connectivity index (χ4v) is 10.5. The minimum atomic E-state index is 0.918. The lowest BCUT2D eigenvalue weighted by Gasteiger charge is -2.26. The summed E-state index contributed by atoms with van der Waals surface area (Å²) in [4.78, 5) is 2.36. The smallest absolute Gasteiger partial charge is 0.138 e. The topological polar surface area (TPSA) is 16.4 Å². The molecule has 2 nitrogen and oxygen atoms in total. The molecule has 69 heavy (non-hydrogen) atoms. The van der Waals surface area contributed by atoms with Crippen LogP contribution in [0.25, 0.3) is 110 Å². The molecule has 0 bridgehead atoms. The van der Waals surface area contributed by atoms with E-state index in [1.165, 1.54) is 76.5 Å². The van der Waals surface area contributed by atoms with Crippen LogP contribution in [-0.4, -0.2) is 0 Å². The van der Waals surface area contributed by atoms with E-state index in [0.29, 0.717) is 0 Å². The van der Waals surface area contributed by atoms with E-state index >= 15 is 0 Å². The van der Waals surface area contributed by atoms with Crippen LogP contribution in [0.2, 0.25) is 0 Å². The number of para-hydroxylation sites is 1. The van der Waals surface area contributed by atoms with Gasteiger partial charge in [0.1, 0.15) is 11.3 Å². The minimum Gasteiger partial charge on any atom is -0.456 e. The molecule has 0 radical (unpaired) electrons. The van der Waals surface area contributed by atoms with Gasteiger partial charge < -0.3 is 9.32 Å². The average Bonchev–Trinajstić information content (AvgIpc) is 3.77. The summed E-state index contributed by atoms with van der Waals surface area (Å²) in [5, 5.41) is 11.3. The number of aryl methyl sites for hydroxylation is 1. The van der Waals surface area contributed by atoms with Crippen LogP contribution in [0, 0.1) is 6.92 Å². The average molecular weight is 880 g/mol. The van der Waals surface area contributed by atoms with Crippen molar-refractivity contribution in [2.24, 2.45) is 0 Å². The third-order valence-electron chi connectivity index (χ3n) is 14.1. The Morgan fingerprint density at radius 1 is 0.275 bits per heavy atom. The Balaban J connectivity index is 0.835. The molecule has 13 rings (SSSR count). The quantitative estimate of drug-likeness (QED) is 0.141. The number of fused-ring (bicyclic) bond motifs is 7. The number of rotatable bonds is 8. The van der Waals surface area contributed by atoms with Crippen LogP contribution in [0.5, 0.6) is 0 Å². The summed E-state index contributed by atoms with van der Waals surface area (Å²) in [7, 11) is 0. The zero-order chi connectivity index (χ0) is 45.8. The SMILES string of the molecule is Cc1c(-c2cccc(-c3ccc(-c4ccc(N(c5ccc(-c6ccc7c(ccc8ccccc87)c6)cc5)c5ccc(-c6cc7ccccc7c7ccccc67)cc5)cc4)cc3)c2)oc2ccccc12. The Kier molecular flexibility index (Phi) is 9.77. The van der Waals surface area contributed by atoms with E-state index in [-0.39, 0.29) is 0 Å². The van der Waals surface area contributed by atoms with Crippen molar-refractivity contribution in [1.29, 1.82) is 0 Å². The zero-order valence-corrected chi connectivity index (χ0v) is 38.1. The Morgan fingerprint density at radius 3 is 1.36 bits per heavy atom. The summed E-state index contributed by atoms with van der Waals surface area (Å²) in [5.74, 6) is 0.924. The van der Waals surface area contributed by atoms with Crippen molar-refractivity contribution in [1.82, 2.24) is 0 Å². The molecule has 0 amide bonds. The van der Waals surface area contributed by atoms with Crippen molar-refractivity contribution in [3.8, 4) is 55.8 Å². The maximum Gasteiger partial charge on any atom is 0.138 e. The molecule has 0 saturated heterocycles. The van der Waals surface area contributed by atoms with Gasteiger partial charge in [-0.3, -0.25) is 0 Å². The highest BCUT2D eigenvalue weighted by Crippen LogP contribution is 2.41. The Hall–Kier alpha value is -8.98. The van der Waals surface area contributed by atoms with Crippen molar-refractivity contribution >= 4 is 71.1 Å². The minimum absolute atomic E-state index is 0.918. The van der Waals surface area contributed by atoms with Crippen LogP contribution in [0.15, 0.2) is 259 Å². The summed E-state index contributed by atoms with van der Waals surface area (Å²) >= 11 is 0. The largest absolute Gasteiger partial charge is 0.456 e. The molecule has 2 heteroatoms. The van der Waals surface area contributed by atoms with Crippen LogP contribution in [0.3, 0.4) is 0 Å². The van der Waals surface area contributed by atoms with E-state index < -0.39 is 0 Å². The van der Waals surface area contributed by atoms with E-state index in [2.05, 4.69) is 254 Å². The molecule has 0 aliphatic heterocycles. The molecule has 0 saturated carbocycles. The van der Waals surface area contributed by atoms with Crippen molar-refractivity contribution < 1.29 is 4.42 Å². The summed E-state index contributed by atoms with van der Waals surface area (Å²) in [5.41, 5.74) is 15.9. The first-order valence-corrected chi connectivity index (χ1v) is 23.7. The van der Waals surface area contributed by atoms with Gasteiger partial charge in [-0.1, -0.05) is 194 Å². The zero-order valence-electron chi connectivity index (χ0n) is 38.1. The maximum atomic E-state index is 6.33. The predicted molar refractivity (Wildman–Crippen MR) is 293 cm³/mol. The van der Waals surface area contributed by atoms with Gasteiger partial charge in [-0.25, -0.2) is 0 Å². The van der Waals surface area contributed by atoms with E-state index in [1.54, 1.807) is 0 Å². The van der Waals surface area contributed by atoms with Crippen molar-refractivity contribution in [2.45, 2.75) is 6.92 Å². The van der Waals surface area contributed by atoms with Gasteiger partial charge in [-0.2, -0.15) is 0 Å². The summed E-state index contributed by atoms with van der Waals surface area (Å²) in [6.45, 7) is 2.14. The number of nitrogens with zero attached hydrogens (tertiary/aromatic N) is 1. The Morgan fingerprint density at radius 2 is 0.710 bits per heavy atom. The number of furan rings is 1. The van der Waals surface area contributed by atoms with Crippen molar-refractivity contribution in [3.05, 3.63) is 260 Å². The van der Waals surface area contributed by atoms with Crippen molar-refractivity contribution in [3.63, 3.8) is 0 Å². The van der Waals surface area contributed by atoms with E-state index in [1.807, 2.05) is 12.1 Å². The van der Waals surface area contributed by atoms with Crippen LogP contribution in [0.1, 0.15) is 5.56 Å². The van der Waals surface area contributed by atoms with Crippen LogP contribution in [-0.2, 0) is 0 Å². The van der Waals surface area contributed by atoms with E-state index in [4.69, 9.17) is 4.42 Å². The first kappa shape index (κ1) is 40.3. The number of hydrogen-bond donors (Lipinski definition) is 0. The first-order valence-electron chi connectivity index (χ1n) is 23.7. The summed E-state index contributed by atoms with van der Waals surface area (Å²) in [6.07, 6.45) is 0. The molecule has 0 fully saturated rings. The van der Waals surface area contributed by atoms with E-state index in [9.17, 15) is 0 Å². The van der Waals surface area contributed by atoms with Gasteiger partial charge in [-0.05, 0) is 155 Å². The van der Waals surface area contributed by atoms with Gasteiger partial charge in [0.15, 0.2) is 0 Å². The van der Waals surface area contributed by atoms with E-state index in [0.717, 1.165) is 56.0 Å². The Labute approximate surface area is 401 Å². The first-order chi connectivity index (χ1) is 34.1. The third-order valence-corrected chi connectivity index (χ3v) is 14.1. The highest BCUT2D eigenvalue weighted by Gasteiger charge is 2.17. The van der Waals surface area contributed by atoms with Gasteiger partial charge in [-0.15, -0.1) is 0 Å². The lowest BCUT2D eigenvalue weighted by Crippen LogP contribution is -2.09. The lowest BCUT2D eigenvalue weighted by atomic mass is 9.93. The second-order valence-corrected chi connectivity index (χ2v) is 18.1. The molecule has 0 N–H and O–H groups in total. The molecule has 1 heterocycles. The highest BCUT2D eigenvalue weighted by molar-refractivity contribution is 6.14. The van der Waals surface area contributed by atoms with Crippen LogP contribution < -0.4 is 4.90 Å². The maximum absolute atomic E-state index is 6.33. The second-order valence-electron chi connectivity index (χ2n) is 18.1. The van der Waals surface area contributed by atoms with Gasteiger partial charge in [0.25, 0.3) is 0 Å². The molecule has 0 spiro atoms. The summed E-state index contributed by atoms with van der Waals surface area (Å²) < 4.78 is 6.33.